The van der Waals surface area contributed by atoms with Crippen LogP contribution in [0.1, 0.15) is 0 Å². The number of aromatic nitrogens is 1. The first-order chi connectivity index (χ1) is 6.05. The molecular weight excluding hydrogens is 280 g/mol. The highest BCUT2D eigenvalue weighted by Crippen LogP contribution is 2.19. The van der Waals surface area contributed by atoms with Crippen LogP contribution in [0.5, 0.6) is 0 Å². The summed E-state index contributed by atoms with van der Waals surface area (Å²) < 4.78 is 24.8. The number of nitrogens with zero attached hydrogens (tertiary/aromatic N) is 1. The number of alkyl halides is 1. The summed E-state index contributed by atoms with van der Waals surface area (Å²) in [5.41, 5.74) is 0.378. The minimum absolute atomic E-state index is 0.378. The first-order valence-electron chi connectivity index (χ1n) is 3.22. The molecule has 0 spiro atoms. The predicted molar refractivity (Wildman–Crippen MR) is 55.2 cm³/mol. The summed E-state index contributed by atoms with van der Waals surface area (Å²) in [6.07, 6.45) is 1.54. The summed E-state index contributed by atoms with van der Waals surface area (Å²) in [6.45, 7) is 0. The normalized spacial score (nSPS) is 11.2. The van der Waals surface area contributed by atoms with Gasteiger partial charge >= 0.3 is 0 Å². The molecule has 0 aliphatic rings. The Kier molecular flexibility index (Phi) is 3.52. The van der Waals surface area contributed by atoms with Gasteiger partial charge in [-0.2, -0.15) is 0 Å². The molecule has 0 atom stereocenters. The molecular formula is C6H6BrClN2O2S. The van der Waals surface area contributed by atoms with Gasteiger partial charge in [0.25, 0.3) is 0 Å². The number of hydrogen-bond donors (Lipinski definition) is 1. The van der Waals surface area contributed by atoms with Crippen molar-refractivity contribution in [3.8, 4) is 0 Å². The first-order valence-corrected chi connectivity index (χ1v) is 6.20. The fourth-order valence-corrected chi connectivity index (χ4v) is 1.86. The second-order valence-electron chi connectivity index (χ2n) is 2.17. The van der Waals surface area contributed by atoms with Crippen LogP contribution < -0.4 is 4.72 Å². The highest BCUT2D eigenvalue weighted by molar-refractivity contribution is 9.10. The van der Waals surface area contributed by atoms with E-state index in [0.717, 1.165) is 0 Å². The van der Waals surface area contributed by atoms with Gasteiger partial charge in [-0.05, 0) is 28.1 Å². The maximum atomic E-state index is 11.0. The summed E-state index contributed by atoms with van der Waals surface area (Å²) in [5, 5.41) is -0.478. The van der Waals surface area contributed by atoms with Crippen LogP contribution in [0, 0.1) is 0 Å². The van der Waals surface area contributed by atoms with Crippen molar-refractivity contribution >= 4 is 43.2 Å². The molecule has 0 aliphatic heterocycles. The molecule has 0 aromatic carbocycles. The Bertz CT molecular complexity index is 395. The van der Waals surface area contributed by atoms with Gasteiger partial charge in [0.1, 0.15) is 9.82 Å². The molecule has 0 aliphatic carbocycles. The smallest absolute Gasteiger partial charge is 0.246 e. The molecule has 0 amide bonds. The molecule has 13 heavy (non-hydrogen) atoms. The van der Waals surface area contributed by atoms with Crippen molar-refractivity contribution in [2.75, 3.05) is 9.93 Å². The lowest BCUT2D eigenvalue weighted by Gasteiger charge is -2.05. The Balaban J connectivity index is 2.93. The molecule has 1 aromatic heterocycles. The van der Waals surface area contributed by atoms with Crippen LogP contribution in [0.15, 0.2) is 22.9 Å². The van der Waals surface area contributed by atoms with E-state index in [-0.39, 0.29) is 0 Å². The van der Waals surface area contributed by atoms with Gasteiger partial charge in [0.05, 0.1) is 5.69 Å². The summed E-state index contributed by atoms with van der Waals surface area (Å²) >= 11 is 8.31. The van der Waals surface area contributed by atoms with Gasteiger partial charge in [0, 0.05) is 6.20 Å². The second-order valence-corrected chi connectivity index (χ2v) is 5.23. The lowest BCUT2D eigenvalue weighted by atomic mass is 10.4. The number of pyridine rings is 1. The van der Waals surface area contributed by atoms with Crippen molar-refractivity contribution in [1.29, 1.82) is 0 Å². The summed E-state index contributed by atoms with van der Waals surface area (Å²) in [4.78, 5) is 3.84. The molecule has 0 fully saturated rings. The Hall–Kier alpha value is -0.330. The van der Waals surface area contributed by atoms with E-state index < -0.39 is 15.2 Å². The van der Waals surface area contributed by atoms with Crippen LogP contribution in [0.3, 0.4) is 0 Å². The van der Waals surface area contributed by atoms with Crippen molar-refractivity contribution in [2.45, 2.75) is 0 Å². The molecule has 1 heterocycles. The highest BCUT2D eigenvalue weighted by atomic mass is 79.9. The molecule has 72 valence electrons. The van der Waals surface area contributed by atoms with E-state index in [2.05, 4.69) is 25.6 Å². The van der Waals surface area contributed by atoms with Gasteiger partial charge in [-0.1, -0.05) is 0 Å². The van der Waals surface area contributed by atoms with Gasteiger partial charge in [-0.25, -0.2) is 13.4 Å². The van der Waals surface area contributed by atoms with E-state index in [0.29, 0.717) is 10.3 Å². The van der Waals surface area contributed by atoms with Gasteiger partial charge in [-0.3, -0.25) is 4.72 Å². The molecule has 0 saturated heterocycles. The van der Waals surface area contributed by atoms with Crippen LogP contribution >= 0.6 is 27.5 Å². The zero-order valence-electron chi connectivity index (χ0n) is 6.37. The van der Waals surface area contributed by atoms with E-state index in [4.69, 9.17) is 11.6 Å². The third-order valence-electron chi connectivity index (χ3n) is 1.17. The van der Waals surface area contributed by atoms with E-state index in [9.17, 15) is 8.42 Å². The topological polar surface area (TPSA) is 59.1 Å². The summed E-state index contributed by atoms with van der Waals surface area (Å²) in [6, 6.07) is 3.21. The van der Waals surface area contributed by atoms with E-state index >= 15 is 0 Å². The predicted octanol–water partition coefficient (Wildman–Crippen LogP) is 1.78. The summed E-state index contributed by atoms with van der Waals surface area (Å²) in [5.74, 6) is 0. The monoisotopic (exact) mass is 284 g/mol. The van der Waals surface area contributed by atoms with Crippen LogP contribution in [0.2, 0.25) is 0 Å². The Labute approximate surface area is 89.5 Å². The van der Waals surface area contributed by atoms with Crippen molar-refractivity contribution < 1.29 is 8.42 Å². The quantitative estimate of drug-likeness (QED) is 0.680. The minimum Gasteiger partial charge on any atom is -0.280 e. The Morgan fingerprint density at radius 3 is 2.85 bits per heavy atom. The fraction of sp³-hybridized carbons (Fsp3) is 0.167. The zero-order valence-corrected chi connectivity index (χ0v) is 9.53. The molecule has 0 radical (unpaired) electrons. The van der Waals surface area contributed by atoms with E-state index in [1.54, 1.807) is 18.3 Å². The van der Waals surface area contributed by atoms with E-state index in [1.807, 2.05) is 0 Å². The first kappa shape index (κ1) is 10.7. The standard InChI is InChI=1S/C6H6BrClN2O2S/c7-6-5(2-1-3-9-6)10-13(11,12)4-8/h1-3,10H,4H2. The second kappa shape index (κ2) is 4.26. The molecule has 7 heteroatoms. The van der Waals surface area contributed by atoms with Gasteiger partial charge in [0.2, 0.25) is 10.0 Å². The number of sulfonamides is 1. The van der Waals surface area contributed by atoms with Gasteiger partial charge in [0.15, 0.2) is 0 Å². The number of anilines is 1. The number of halogens is 2. The minimum atomic E-state index is -3.45. The zero-order chi connectivity index (χ0) is 9.90. The maximum absolute atomic E-state index is 11.0. The molecule has 0 unspecified atom stereocenters. The van der Waals surface area contributed by atoms with Crippen molar-refractivity contribution in [3.05, 3.63) is 22.9 Å². The lowest BCUT2D eigenvalue weighted by molar-refractivity contribution is 0.605. The van der Waals surface area contributed by atoms with Gasteiger partial charge < -0.3 is 0 Å². The third kappa shape index (κ3) is 3.13. The summed E-state index contributed by atoms with van der Waals surface area (Å²) in [7, 11) is -3.45. The fourth-order valence-electron chi connectivity index (χ4n) is 0.657. The third-order valence-corrected chi connectivity index (χ3v) is 3.48. The van der Waals surface area contributed by atoms with Crippen molar-refractivity contribution in [3.63, 3.8) is 0 Å². The average molecular weight is 286 g/mol. The van der Waals surface area contributed by atoms with E-state index in [1.165, 1.54) is 0 Å². The van der Waals surface area contributed by atoms with Crippen LogP contribution in [-0.2, 0) is 10.0 Å². The molecule has 0 bridgehead atoms. The molecule has 4 nitrogen and oxygen atoms in total. The maximum Gasteiger partial charge on any atom is 0.246 e. The largest absolute Gasteiger partial charge is 0.280 e. The van der Waals surface area contributed by atoms with Crippen molar-refractivity contribution in [2.24, 2.45) is 0 Å². The van der Waals surface area contributed by atoms with Crippen LogP contribution in [0.4, 0.5) is 5.69 Å². The number of rotatable bonds is 3. The van der Waals surface area contributed by atoms with Gasteiger partial charge in [-0.15, -0.1) is 11.6 Å². The van der Waals surface area contributed by atoms with Crippen molar-refractivity contribution in [1.82, 2.24) is 4.98 Å². The molecule has 0 saturated carbocycles. The van der Waals surface area contributed by atoms with Crippen LogP contribution in [-0.4, -0.2) is 18.6 Å². The number of hydrogen-bond acceptors (Lipinski definition) is 3. The Morgan fingerprint density at radius 1 is 1.62 bits per heavy atom. The number of nitrogens with one attached hydrogen (secondary N) is 1. The highest BCUT2D eigenvalue weighted by Gasteiger charge is 2.09. The average Bonchev–Trinajstić information content (AvgIpc) is 2.09. The molecule has 1 rings (SSSR count). The molecule has 1 aromatic rings. The van der Waals surface area contributed by atoms with Crippen LogP contribution in [0.25, 0.3) is 0 Å². The molecule has 1 N–H and O–H groups in total. The SMILES string of the molecule is O=S(=O)(CCl)Nc1cccnc1Br. The lowest BCUT2D eigenvalue weighted by Crippen LogP contribution is -2.13. The Morgan fingerprint density at radius 2 is 2.31 bits per heavy atom.